The van der Waals surface area contributed by atoms with E-state index in [1.54, 1.807) is 7.11 Å². The minimum Gasteiger partial charge on any atom is -0.380 e. The summed E-state index contributed by atoms with van der Waals surface area (Å²) in [6.45, 7) is 3.50. The fourth-order valence-electron chi connectivity index (χ4n) is 2.38. The smallest absolute Gasteiger partial charge is 0.320 e. The first-order valence-electron chi connectivity index (χ1n) is 5.88. The van der Waals surface area contributed by atoms with Crippen LogP contribution in [0.1, 0.15) is 25.7 Å². The van der Waals surface area contributed by atoms with E-state index in [0.29, 0.717) is 0 Å². The molecule has 2 rings (SSSR count). The molecule has 2 amide bonds. The van der Waals surface area contributed by atoms with Crippen LogP contribution in [-0.4, -0.2) is 55.2 Å². The highest BCUT2D eigenvalue weighted by Gasteiger charge is 2.29. The van der Waals surface area contributed by atoms with Gasteiger partial charge < -0.3 is 14.5 Å². The Morgan fingerprint density at radius 2 is 1.87 bits per heavy atom. The summed E-state index contributed by atoms with van der Waals surface area (Å²) in [5, 5.41) is 0. The Morgan fingerprint density at radius 1 is 1.13 bits per heavy atom. The number of carbonyl (C=O) groups excluding carboxylic acids is 1. The zero-order valence-electron chi connectivity index (χ0n) is 9.45. The number of rotatable bonds is 1. The molecule has 0 radical (unpaired) electrons. The van der Waals surface area contributed by atoms with Gasteiger partial charge in [0.1, 0.15) is 0 Å². The van der Waals surface area contributed by atoms with Gasteiger partial charge in [0, 0.05) is 33.3 Å². The molecule has 2 aliphatic heterocycles. The maximum atomic E-state index is 12.1. The summed E-state index contributed by atoms with van der Waals surface area (Å²) >= 11 is 0. The van der Waals surface area contributed by atoms with Crippen molar-refractivity contribution in [3.05, 3.63) is 0 Å². The number of likely N-dealkylation sites (tertiary alicyclic amines) is 2. The van der Waals surface area contributed by atoms with Crippen LogP contribution in [0.5, 0.6) is 0 Å². The number of methoxy groups -OCH3 is 1. The number of hydrogen-bond acceptors (Lipinski definition) is 2. The average molecular weight is 212 g/mol. The van der Waals surface area contributed by atoms with Crippen molar-refractivity contribution < 1.29 is 9.53 Å². The van der Waals surface area contributed by atoms with E-state index in [2.05, 4.69) is 0 Å². The predicted octanol–water partition coefficient (Wildman–Crippen LogP) is 1.31. The van der Waals surface area contributed by atoms with Crippen molar-refractivity contribution in [3.8, 4) is 0 Å². The van der Waals surface area contributed by atoms with Crippen LogP contribution in [0.3, 0.4) is 0 Å². The molecule has 86 valence electrons. The summed E-state index contributed by atoms with van der Waals surface area (Å²) in [5.41, 5.74) is 0. The van der Waals surface area contributed by atoms with E-state index in [9.17, 15) is 4.79 Å². The number of ether oxygens (including phenoxy) is 1. The number of carbonyl (C=O) groups is 1. The monoisotopic (exact) mass is 212 g/mol. The first-order chi connectivity index (χ1) is 7.31. The van der Waals surface area contributed by atoms with Crippen molar-refractivity contribution in [1.82, 2.24) is 9.80 Å². The molecule has 2 saturated heterocycles. The van der Waals surface area contributed by atoms with E-state index in [-0.39, 0.29) is 12.1 Å². The van der Waals surface area contributed by atoms with E-state index < -0.39 is 0 Å². The van der Waals surface area contributed by atoms with Crippen molar-refractivity contribution in [1.29, 1.82) is 0 Å². The van der Waals surface area contributed by atoms with Gasteiger partial charge in [-0.1, -0.05) is 0 Å². The maximum absolute atomic E-state index is 12.1. The van der Waals surface area contributed by atoms with Crippen LogP contribution >= 0.6 is 0 Å². The third kappa shape index (κ3) is 2.43. The number of nitrogens with zero attached hydrogens (tertiary/aromatic N) is 2. The molecule has 0 N–H and O–H groups in total. The zero-order chi connectivity index (χ0) is 10.7. The molecular formula is C11H20N2O2. The Bertz CT molecular complexity index is 227. The van der Waals surface area contributed by atoms with Crippen LogP contribution < -0.4 is 0 Å². The summed E-state index contributed by atoms with van der Waals surface area (Å²) in [6.07, 6.45) is 4.82. The van der Waals surface area contributed by atoms with Crippen LogP contribution in [0.4, 0.5) is 4.79 Å². The standard InChI is InChI=1S/C11H20N2O2/c1-15-10-5-8-13(9-10)11(14)12-6-3-2-4-7-12/h10H,2-9H2,1H3. The van der Waals surface area contributed by atoms with Gasteiger partial charge in [-0.25, -0.2) is 4.79 Å². The lowest BCUT2D eigenvalue weighted by molar-refractivity contribution is 0.104. The van der Waals surface area contributed by atoms with Crippen molar-refractivity contribution >= 4 is 6.03 Å². The zero-order valence-corrected chi connectivity index (χ0v) is 9.45. The van der Waals surface area contributed by atoms with Crippen molar-refractivity contribution in [2.75, 3.05) is 33.3 Å². The molecule has 2 aliphatic rings. The fraction of sp³-hybridized carbons (Fsp3) is 0.909. The second-order valence-corrected chi connectivity index (χ2v) is 4.42. The van der Waals surface area contributed by atoms with E-state index in [0.717, 1.165) is 45.4 Å². The van der Waals surface area contributed by atoms with Crippen LogP contribution in [0, 0.1) is 0 Å². The largest absolute Gasteiger partial charge is 0.380 e. The molecule has 2 heterocycles. The molecule has 4 nitrogen and oxygen atoms in total. The summed E-state index contributed by atoms with van der Waals surface area (Å²) < 4.78 is 5.27. The van der Waals surface area contributed by atoms with Gasteiger partial charge in [-0.05, 0) is 25.7 Å². The molecule has 0 bridgehead atoms. The highest BCUT2D eigenvalue weighted by molar-refractivity contribution is 5.74. The molecule has 2 fully saturated rings. The highest BCUT2D eigenvalue weighted by atomic mass is 16.5. The van der Waals surface area contributed by atoms with Crippen LogP contribution in [0.25, 0.3) is 0 Å². The minimum atomic E-state index is 0.217. The maximum Gasteiger partial charge on any atom is 0.320 e. The van der Waals surface area contributed by atoms with E-state index in [4.69, 9.17) is 4.74 Å². The molecule has 1 unspecified atom stereocenters. The Balaban J connectivity index is 1.85. The lowest BCUT2D eigenvalue weighted by Gasteiger charge is -2.30. The minimum absolute atomic E-state index is 0.217. The second-order valence-electron chi connectivity index (χ2n) is 4.42. The molecule has 0 spiro atoms. The summed E-state index contributed by atoms with van der Waals surface area (Å²) in [4.78, 5) is 16.0. The summed E-state index contributed by atoms with van der Waals surface area (Å²) in [6, 6.07) is 0.217. The van der Waals surface area contributed by atoms with Crippen molar-refractivity contribution in [2.24, 2.45) is 0 Å². The lowest BCUT2D eigenvalue weighted by Crippen LogP contribution is -2.44. The molecule has 1 atom stereocenters. The van der Waals surface area contributed by atoms with E-state index >= 15 is 0 Å². The number of hydrogen-bond donors (Lipinski definition) is 0. The first-order valence-corrected chi connectivity index (χ1v) is 5.88. The Kier molecular flexibility index (Phi) is 3.46. The Hall–Kier alpha value is -0.770. The quantitative estimate of drug-likeness (QED) is 0.656. The number of urea groups is 1. The van der Waals surface area contributed by atoms with Crippen molar-refractivity contribution in [3.63, 3.8) is 0 Å². The van der Waals surface area contributed by atoms with Gasteiger partial charge in [-0.3, -0.25) is 0 Å². The molecule has 0 saturated carbocycles. The molecule has 0 aliphatic carbocycles. The predicted molar refractivity (Wildman–Crippen MR) is 57.8 cm³/mol. The Labute approximate surface area is 91.2 Å². The molecule has 0 aromatic carbocycles. The summed E-state index contributed by atoms with van der Waals surface area (Å²) in [5.74, 6) is 0. The number of piperidine rings is 1. The normalized spacial score (nSPS) is 27.1. The van der Waals surface area contributed by atoms with Gasteiger partial charge in [-0.15, -0.1) is 0 Å². The summed E-state index contributed by atoms with van der Waals surface area (Å²) in [7, 11) is 1.72. The third-order valence-corrected chi connectivity index (χ3v) is 3.38. The van der Waals surface area contributed by atoms with Crippen LogP contribution in [-0.2, 0) is 4.74 Å². The van der Waals surface area contributed by atoms with E-state index in [1.807, 2.05) is 9.80 Å². The molecular weight excluding hydrogens is 192 g/mol. The average Bonchev–Trinajstić information content (AvgIpc) is 2.78. The molecule has 0 aromatic rings. The Morgan fingerprint density at radius 3 is 2.47 bits per heavy atom. The van der Waals surface area contributed by atoms with Crippen molar-refractivity contribution in [2.45, 2.75) is 31.8 Å². The molecule has 0 aromatic heterocycles. The highest BCUT2D eigenvalue weighted by Crippen LogP contribution is 2.16. The fourth-order valence-corrected chi connectivity index (χ4v) is 2.38. The van der Waals surface area contributed by atoms with Gasteiger partial charge in [0.05, 0.1) is 6.10 Å². The first kappa shape index (κ1) is 10.7. The molecule has 15 heavy (non-hydrogen) atoms. The van der Waals surface area contributed by atoms with Gasteiger partial charge in [0.2, 0.25) is 0 Å². The third-order valence-electron chi connectivity index (χ3n) is 3.38. The van der Waals surface area contributed by atoms with E-state index in [1.165, 1.54) is 6.42 Å². The topological polar surface area (TPSA) is 32.8 Å². The van der Waals surface area contributed by atoms with Gasteiger partial charge in [-0.2, -0.15) is 0 Å². The second kappa shape index (κ2) is 4.84. The molecule has 4 heteroatoms. The van der Waals surface area contributed by atoms with Gasteiger partial charge >= 0.3 is 6.03 Å². The lowest BCUT2D eigenvalue weighted by atomic mass is 10.1. The van der Waals surface area contributed by atoms with Gasteiger partial charge in [0.25, 0.3) is 0 Å². The SMILES string of the molecule is COC1CCN(C(=O)N2CCCCC2)C1. The number of amides is 2. The van der Waals surface area contributed by atoms with Crippen LogP contribution in [0.15, 0.2) is 0 Å². The van der Waals surface area contributed by atoms with Crippen LogP contribution in [0.2, 0.25) is 0 Å². The van der Waals surface area contributed by atoms with Gasteiger partial charge in [0.15, 0.2) is 0 Å².